The first-order valence-electron chi connectivity index (χ1n) is 4.93. The predicted molar refractivity (Wildman–Crippen MR) is 55.5 cm³/mol. The number of amides is 2. The Balaban J connectivity index is 2.36. The van der Waals surface area contributed by atoms with E-state index in [1.54, 1.807) is 6.08 Å². The second-order valence-corrected chi connectivity index (χ2v) is 3.91. The van der Waals surface area contributed by atoms with Gasteiger partial charge in [-0.1, -0.05) is 6.08 Å². The van der Waals surface area contributed by atoms with Crippen molar-refractivity contribution in [3.05, 3.63) is 12.7 Å². The number of urea groups is 1. The number of carboxylic acid groups (broad SMARTS) is 1. The SMILES string of the molecule is C=CCC(C)NC(=O)NC1(C(=O)O)CC1. The molecule has 1 atom stereocenters. The summed E-state index contributed by atoms with van der Waals surface area (Å²) in [6, 6.07) is -0.462. The standard InChI is InChI=1S/C10H16N2O3/c1-3-4-7(2)11-9(15)12-10(5-6-10)8(13)14/h3,7H,1,4-6H2,2H3,(H,13,14)(H2,11,12,15). The average molecular weight is 212 g/mol. The van der Waals surface area contributed by atoms with Crippen LogP contribution < -0.4 is 10.6 Å². The van der Waals surface area contributed by atoms with E-state index in [0.29, 0.717) is 19.3 Å². The van der Waals surface area contributed by atoms with E-state index < -0.39 is 17.5 Å². The lowest BCUT2D eigenvalue weighted by Crippen LogP contribution is -2.49. The normalized spacial score (nSPS) is 18.7. The van der Waals surface area contributed by atoms with E-state index in [1.807, 2.05) is 6.92 Å². The van der Waals surface area contributed by atoms with Gasteiger partial charge in [-0.3, -0.25) is 0 Å². The number of rotatable bonds is 5. The van der Waals surface area contributed by atoms with Gasteiger partial charge in [0.25, 0.3) is 0 Å². The van der Waals surface area contributed by atoms with Crippen LogP contribution in [0.15, 0.2) is 12.7 Å². The van der Waals surface area contributed by atoms with Crippen molar-refractivity contribution in [3.8, 4) is 0 Å². The van der Waals surface area contributed by atoms with E-state index >= 15 is 0 Å². The molecule has 1 fully saturated rings. The molecule has 1 saturated carbocycles. The first-order valence-corrected chi connectivity index (χ1v) is 4.93. The summed E-state index contributed by atoms with van der Waals surface area (Å²) in [4.78, 5) is 22.1. The van der Waals surface area contributed by atoms with Gasteiger partial charge in [-0.15, -0.1) is 6.58 Å². The zero-order valence-electron chi connectivity index (χ0n) is 8.75. The molecule has 84 valence electrons. The molecule has 0 aliphatic heterocycles. The van der Waals surface area contributed by atoms with Crippen LogP contribution in [0.5, 0.6) is 0 Å². The lowest BCUT2D eigenvalue weighted by Gasteiger charge is -2.16. The van der Waals surface area contributed by atoms with E-state index in [4.69, 9.17) is 5.11 Å². The van der Waals surface area contributed by atoms with Crippen LogP contribution in [-0.4, -0.2) is 28.7 Å². The summed E-state index contributed by atoms with van der Waals surface area (Å²) in [5, 5.41) is 14.0. The van der Waals surface area contributed by atoms with Crippen molar-refractivity contribution in [1.29, 1.82) is 0 Å². The van der Waals surface area contributed by atoms with Gasteiger partial charge in [0.05, 0.1) is 0 Å². The maximum absolute atomic E-state index is 11.4. The number of nitrogens with one attached hydrogen (secondary N) is 2. The highest BCUT2D eigenvalue weighted by atomic mass is 16.4. The maximum Gasteiger partial charge on any atom is 0.329 e. The molecule has 0 spiro atoms. The minimum atomic E-state index is -1.02. The Bertz CT molecular complexity index is 284. The molecule has 1 rings (SSSR count). The lowest BCUT2D eigenvalue weighted by molar-refractivity contribution is -0.140. The van der Waals surface area contributed by atoms with Gasteiger partial charge in [0, 0.05) is 6.04 Å². The second kappa shape index (κ2) is 4.33. The van der Waals surface area contributed by atoms with Crippen molar-refractivity contribution >= 4 is 12.0 Å². The third-order valence-corrected chi connectivity index (χ3v) is 2.41. The van der Waals surface area contributed by atoms with Crippen LogP contribution in [0.3, 0.4) is 0 Å². The molecule has 5 nitrogen and oxygen atoms in total. The molecule has 0 aromatic rings. The third-order valence-electron chi connectivity index (χ3n) is 2.41. The van der Waals surface area contributed by atoms with Gasteiger partial charge in [-0.05, 0) is 26.2 Å². The number of carbonyl (C=O) groups excluding carboxylic acids is 1. The summed E-state index contributed by atoms with van der Waals surface area (Å²) >= 11 is 0. The first kappa shape index (κ1) is 11.6. The minimum Gasteiger partial charge on any atom is -0.480 e. The topological polar surface area (TPSA) is 78.4 Å². The number of carbonyl (C=O) groups is 2. The Labute approximate surface area is 88.5 Å². The molecule has 0 saturated heterocycles. The van der Waals surface area contributed by atoms with Crippen molar-refractivity contribution in [3.63, 3.8) is 0 Å². The van der Waals surface area contributed by atoms with E-state index in [-0.39, 0.29) is 6.04 Å². The van der Waals surface area contributed by atoms with E-state index in [2.05, 4.69) is 17.2 Å². The van der Waals surface area contributed by atoms with Crippen molar-refractivity contribution < 1.29 is 14.7 Å². The fourth-order valence-electron chi connectivity index (χ4n) is 1.30. The molecular formula is C10H16N2O3. The van der Waals surface area contributed by atoms with Gasteiger partial charge in [-0.25, -0.2) is 9.59 Å². The molecular weight excluding hydrogens is 196 g/mol. The van der Waals surface area contributed by atoms with Crippen molar-refractivity contribution in [2.45, 2.75) is 37.8 Å². The summed E-state index contributed by atoms with van der Waals surface area (Å²) in [6.45, 7) is 5.39. The molecule has 1 unspecified atom stereocenters. The predicted octanol–water partition coefficient (Wildman–Crippen LogP) is 0.867. The van der Waals surface area contributed by atoms with Crippen LogP contribution in [-0.2, 0) is 4.79 Å². The summed E-state index contributed by atoms with van der Waals surface area (Å²) in [5.41, 5.74) is -1.02. The highest BCUT2D eigenvalue weighted by Crippen LogP contribution is 2.35. The summed E-state index contributed by atoms with van der Waals surface area (Å²) in [6.07, 6.45) is 3.37. The van der Waals surface area contributed by atoms with Gasteiger partial charge in [0.2, 0.25) is 0 Å². The maximum atomic E-state index is 11.4. The Morgan fingerprint density at radius 1 is 1.60 bits per heavy atom. The zero-order valence-corrected chi connectivity index (χ0v) is 8.75. The van der Waals surface area contributed by atoms with Gasteiger partial charge >= 0.3 is 12.0 Å². The fourth-order valence-corrected chi connectivity index (χ4v) is 1.30. The monoisotopic (exact) mass is 212 g/mol. The zero-order chi connectivity index (χ0) is 11.5. The summed E-state index contributed by atoms with van der Waals surface area (Å²) in [5.74, 6) is -0.964. The van der Waals surface area contributed by atoms with E-state index in [9.17, 15) is 9.59 Å². The third kappa shape index (κ3) is 2.97. The van der Waals surface area contributed by atoms with E-state index in [1.165, 1.54) is 0 Å². The number of hydrogen-bond acceptors (Lipinski definition) is 2. The highest BCUT2D eigenvalue weighted by Gasteiger charge is 2.51. The summed E-state index contributed by atoms with van der Waals surface area (Å²) in [7, 11) is 0. The van der Waals surface area contributed by atoms with E-state index in [0.717, 1.165) is 0 Å². The Morgan fingerprint density at radius 2 is 2.20 bits per heavy atom. The van der Waals surface area contributed by atoms with Gasteiger partial charge in [0.15, 0.2) is 0 Å². The smallest absolute Gasteiger partial charge is 0.329 e. The molecule has 0 bridgehead atoms. The molecule has 3 N–H and O–H groups in total. The van der Waals surface area contributed by atoms with Gasteiger partial charge < -0.3 is 15.7 Å². The molecule has 0 aromatic heterocycles. The summed E-state index contributed by atoms with van der Waals surface area (Å²) < 4.78 is 0. The molecule has 15 heavy (non-hydrogen) atoms. The van der Waals surface area contributed by atoms with Crippen molar-refractivity contribution in [2.24, 2.45) is 0 Å². The van der Waals surface area contributed by atoms with Crippen LogP contribution in [0.2, 0.25) is 0 Å². The lowest BCUT2D eigenvalue weighted by atomic mass is 10.2. The first-order chi connectivity index (χ1) is 7.00. The molecule has 2 amide bonds. The number of aliphatic carboxylic acids is 1. The second-order valence-electron chi connectivity index (χ2n) is 3.91. The quantitative estimate of drug-likeness (QED) is 0.591. The largest absolute Gasteiger partial charge is 0.480 e. The molecule has 1 aliphatic carbocycles. The molecule has 0 radical (unpaired) electrons. The fraction of sp³-hybridized carbons (Fsp3) is 0.600. The molecule has 0 heterocycles. The van der Waals surface area contributed by atoms with Crippen LogP contribution in [0, 0.1) is 0 Å². The van der Waals surface area contributed by atoms with Crippen LogP contribution in [0.4, 0.5) is 4.79 Å². The van der Waals surface area contributed by atoms with Crippen molar-refractivity contribution in [1.82, 2.24) is 10.6 Å². The average Bonchev–Trinajstić information content (AvgIpc) is 2.85. The van der Waals surface area contributed by atoms with Crippen LogP contribution >= 0.6 is 0 Å². The Hall–Kier alpha value is -1.52. The van der Waals surface area contributed by atoms with Crippen LogP contribution in [0.25, 0.3) is 0 Å². The number of carboxylic acids is 1. The van der Waals surface area contributed by atoms with Crippen LogP contribution in [0.1, 0.15) is 26.2 Å². The molecule has 0 aromatic carbocycles. The molecule has 5 heteroatoms. The van der Waals surface area contributed by atoms with Crippen molar-refractivity contribution in [2.75, 3.05) is 0 Å². The van der Waals surface area contributed by atoms with Gasteiger partial charge in [-0.2, -0.15) is 0 Å². The van der Waals surface area contributed by atoms with Gasteiger partial charge in [0.1, 0.15) is 5.54 Å². The Morgan fingerprint density at radius 3 is 2.60 bits per heavy atom. The molecule has 1 aliphatic rings. The highest BCUT2D eigenvalue weighted by molar-refractivity contribution is 5.88. The number of hydrogen-bond donors (Lipinski definition) is 3. The Kier molecular flexibility index (Phi) is 3.34. The minimum absolute atomic E-state index is 0.0351.